The zero-order chi connectivity index (χ0) is 28.7. The molecule has 6 heteroatoms. The Morgan fingerprint density at radius 1 is 0.902 bits per heavy atom. The molecular weight excluding hydrogens is 514 g/mol. The Kier molecular flexibility index (Phi) is 9.56. The number of carbonyl (C=O) groups is 1. The molecule has 0 radical (unpaired) electrons. The van der Waals surface area contributed by atoms with Crippen molar-refractivity contribution in [2.24, 2.45) is 0 Å². The maximum Gasteiger partial charge on any atom is 0.315 e. The van der Waals surface area contributed by atoms with E-state index in [0.717, 1.165) is 56.4 Å². The van der Waals surface area contributed by atoms with Gasteiger partial charge in [0.25, 0.3) is 0 Å². The summed E-state index contributed by atoms with van der Waals surface area (Å²) in [4.78, 5) is 14.8. The molecule has 0 saturated carbocycles. The summed E-state index contributed by atoms with van der Waals surface area (Å²) in [5, 5.41) is 0. The van der Waals surface area contributed by atoms with Crippen LogP contribution in [0.15, 0.2) is 84.9 Å². The molecular formula is C35H43NO5. The molecule has 0 spiro atoms. The molecule has 2 saturated heterocycles. The van der Waals surface area contributed by atoms with Crippen LogP contribution in [-0.4, -0.2) is 56.9 Å². The quantitative estimate of drug-likeness (QED) is 0.255. The van der Waals surface area contributed by atoms with Crippen LogP contribution in [0, 0.1) is 0 Å². The van der Waals surface area contributed by atoms with Gasteiger partial charge in [-0.1, -0.05) is 84.9 Å². The van der Waals surface area contributed by atoms with Crippen molar-refractivity contribution in [3.63, 3.8) is 0 Å². The first-order chi connectivity index (χ1) is 19.9. The van der Waals surface area contributed by atoms with E-state index < -0.39 is 11.2 Å². The highest BCUT2D eigenvalue weighted by atomic mass is 16.7. The highest BCUT2D eigenvalue weighted by molar-refractivity contribution is 5.82. The number of rotatable bonds is 11. The first-order valence-electron chi connectivity index (χ1n) is 14.9. The Labute approximate surface area is 244 Å². The van der Waals surface area contributed by atoms with Gasteiger partial charge in [0.15, 0.2) is 5.79 Å². The van der Waals surface area contributed by atoms with Crippen molar-refractivity contribution < 1.29 is 23.7 Å². The molecule has 2 fully saturated rings. The van der Waals surface area contributed by atoms with Crippen molar-refractivity contribution >= 4 is 5.97 Å². The second-order valence-electron chi connectivity index (χ2n) is 11.6. The van der Waals surface area contributed by atoms with Gasteiger partial charge in [-0.3, -0.25) is 4.79 Å². The van der Waals surface area contributed by atoms with E-state index in [9.17, 15) is 4.79 Å². The lowest BCUT2D eigenvalue weighted by Gasteiger charge is -2.35. The molecule has 0 aliphatic carbocycles. The van der Waals surface area contributed by atoms with Crippen LogP contribution in [0.3, 0.4) is 0 Å². The van der Waals surface area contributed by atoms with Gasteiger partial charge < -0.3 is 23.8 Å². The lowest BCUT2D eigenvalue weighted by Crippen LogP contribution is -2.39. The minimum Gasteiger partial charge on any atom is -0.468 e. The van der Waals surface area contributed by atoms with E-state index >= 15 is 0 Å². The first kappa shape index (κ1) is 29.5. The molecule has 2 heterocycles. The summed E-state index contributed by atoms with van der Waals surface area (Å²) >= 11 is 0. The Morgan fingerprint density at radius 3 is 2.00 bits per heavy atom. The summed E-state index contributed by atoms with van der Waals surface area (Å²) in [6.07, 6.45) is 3.98. The number of ether oxygens (including phenoxy) is 4. The number of hydrogen-bond acceptors (Lipinski definition) is 6. The Hall–Kier alpha value is -3.03. The molecule has 0 N–H and O–H groups in total. The third-order valence-corrected chi connectivity index (χ3v) is 8.54. The van der Waals surface area contributed by atoms with Crippen LogP contribution in [0.1, 0.15) is 67.9 Å². The fourth-order valence-electron chi connectivity index (χ4n) is 6.03. The number of esters is 1. The normalized spacial score (nSPS) is 18.0. The number of carbonyl (C=O) groups excluding carboxylic acids is 1. The standard InChI is InChI=1S/C35H43NO5/c1-34(2,33(37)38-3)29-15-17-30(18-16-29)35(39-25-26-40-35)21-10-22-36-23-19-31(20-24-36)41-32(27-11-6-4-7-12-27)28-13-8-5-9-14-28/h4-9,11-18,31-32H,10,19-26H2,1-3H3. The molecule has 5 rings (SSSR count). The second kappa shape index (κ2) is 13.3. The molecule has 0 atom stereocenters. The number of methoxy groups -OCH3 is 1. The second-order valence-corrected chi connectivity index (χ2v) is 11.6. The minimum absolute atomic E-state index is 0.0462. The molecule has 2 aliphatic rings. The molecule has 0 bridgehead atoms. The fraction of sp³-hybridized carbons (Fsp3) is 0.457. The van der Waals surface area contributed by atoms with Crippen molar-refractivity contribution in [2.75, 3.05) is 40.0 Å². The Morgan fingerprint density at radius 2 is 1.46 bits per heavy atom. The average Bonchev–Trinajstić information content (AvgIpc) is 3.51. The van der Waals surface area contributed by atoms with E-state index in [1.807, 2.05) is 38.1 Å². The smallest absolute Gasteiger partial charge is 0.315 e. The van der Waals surface area contributed by atoms with Gasteiger partial charge in [0.2, 0.25) is 0 Å². The van der Waals surface area contributed by atoms with Crippen molar-refractivity contribution in [3.8, 4) is 0 Å². The van der Waals surface area contributed by atoms with Gasteiger partial charge in [-0.05, 0) is 56.3 Å². The van der Waals surface area contributed by atoms with Gasteiger partial charge in [0.1, 0.15) is 6.10 Å². The maximum absolute atomic E-state index is 12.2. The van der Waals surface area contributed by atoms with Crippen LogP contribution < -0.4 is 0 Å². The molecule has 2 aliphatic heterocycles. The summed E-state index contributed by atoms with van der Waals surface area (Å²) in [5.74, 6) is -0.980. The van der Waals surface area contributed by atoms with E-state index in [1.54, 1.807) is 0 Å². The molecule has 6 nitrogen and oxygen atoms in total. The van der Waals surface area contributed by atoms with E-state index in [4.69, 9.17) is 18.9 Å². The van der Waals surface area contributed by atoms with Gasteiger partial charge in [-0.25, -0.2) is 0 Å². The fourth-order valence-corrected chi connectivity index (χ4v) is 6.03. The average molecular weight is 558 g/mol. The zero-order valence-corrected chi connectivity index (χ0v) is 24.6. The molecule has 218 valence electrons. The summed E-state index contributed by atoms with van der Waals surface area (Å²) < 4.78 is 24.1. The van der Waals surface area contributed by atoms with Crippen molar-refractivity contribution in [1.82, 2.24) is 4.90 Å². The van der Waals surface area contributed by atoms with E-state index in [-0.39, 0.29) is 18.2 Å². The summed E-state index contributed by atoms with van der Waals surface area (Å²) in [5.41, 5.74) is 3.60. The number of hydrogen-bond donors (Lipinski definition) is 0. The van der Waals surface area contributed by atoms with Crippen LogP contribution in [-0.2, 0) is 34.9 Å². The number of piperidine rings is 1. The maximum atomic E-state index is 12.2. The minimum atomic E-state index is -0.728. The highest BCUT2D eigenvalue weighted by Crippen LogP contribution is 2.38. The van der Waals surface area contributed by atoms with Crippen LogP contribution in [0.4, 0.5) is 0 Å². The largest absolute Gasteiger partial charge is 0.468 e. The number of benzene rings is 3. The van der Waals surface area contributed by atoms with E-state index in [1.165, 1.54) is 18.2 Å². The topological polar surface area (TPSA) is 57.2 Å². The predicted molar refractivity (Wildman–Crippen MR) is 160 cm³/mol. The first-order valence-corrected chi connectivity index (χ1v) is 14.9. The Balaban J connectivity index is 1.14. The van der Waals surface area contributed by atoms with Crippen molar-refractivity contribution in [1.29, 1.82) is 0 Å². The van der Waals surface area contributed by atoms with Crippen molar-refractivity contribution in [3.05, 3.63) is 107 Å². The van der Waals surface area contributed by atoms with E-state index in [0.29, 0.717) is 13.2 Å². The molecule has 3 aromatic rings. The van der Waals surface area contributed by atoms with Gasteiger partial charge in [0.05, 0.1) is 31.8 Å². The van der Waals surface area contributed by atoms with Gasteiger partial charge >= 0.3 is 5.97 Å². The van der Waals surface area contributed by atoms with Gasteiger partial charge in [-0.2, -0.15) is 0 Å². The van der Waals surface area contributed by atoms with Crippen LogP contribution in [0.2, 0.25) is 0 Å². The summed E-state index contributed by atoms with van der Waals surface area (Å²) in [6, 6.07) is 29.1. The van der Waals surface area contributed by atoms with Crippen molar-refractivity contribution in [2.45, 2.75) is 62.9 Å². The molecule has 0 unspecified atom stereocenters. The summed E-state index contributed by atoms with van der Waals surface area (Å²) in [6.45, 7) is 7.97. The third kappa shape index (κ3) is 6.90. The number of nitrogens with zero attached hydrogens (tertiary/aromatic N) is 1. The number of likely N-dealkylation sites (tertiary alicyclic amines) is 1. The lowest BCUT2D eigenvalue weighted by atomic mass is 9.83. The van der Waals surface area contributed by atoms with Crippen LogP contribution >= 0.6 is 0 Å². The Bertz CT molecular complexity index is 1190. The lowest BCUT2D eigenvalue weighted by molar-refractivity contribution is -0.172. The molecule has 0 aromatic heterocycles. The SMILES string of the molecule is COC(=O)C(C)(C)c1ccc(C2(CCCN3CCC(OC(c4ccccc4)c4ccccc4)CC3)OCCO2)cc1. The van der Waals surface area contributed by atoms with Gasteiger partial charge in [0, 0.05) is 25.1 Å². The molecule has 3 aromatic carbocycles. The van der Waals surface area contributed by atoms with Crippen LogP contribution in [0.25, 0.3) is 0 Å². The van der Waals surface area contributed by atoms with Crippen LogP contribution in [0.5, 0.6) is 0 Å². The summed E-state index contributed by atoms with van der Waals surface area (Å²) in [7, 11) is 1.43. The third-order valence-electron chi connectivity index (χ3n) is 8.54. The predicted octanol–water partition coefficient (Wildman–Crippen LogP) is 6.39. The monoisotopic (exact) mass is 557 g/mol. The van der Waals surface area contributed by atoms with Gasteiger partial charge in [-0.15, -0.1) is 0 Å². The molecule has 0 amide bonds. The molecule has 41 heavy (non-hydrogen) atoms. The van der Waals surface area contributed by atoms with E-state index in [2.05, 4.69) is 65.6 Å². The zero-order valence-electron chi connectivity index (χ0n) is 24.6. The highest BCUT2D eigenvalue weighted by Gasteiger charge is 2.39.